The fraction of sp³-hybridized carbons (Fsp3) is 0.667. The Kier molecular flexibility index (Phi) is 3.66. The summed E-state index contributed by atoms with van der Waals surface area (Å²) < 4.78 is 36.7. The first kappa shape index (κ1) is 16.5. The molecule has 2 aliphatic heterocycles. The number of rotatable bonds is 2. The molecule has 2 fully saturated rings. The van der Waals surface area contributed by atoms with Gasteiger partial charge in [-0.1, -0.05) is 0 Å². The van der Waals surface area contributed by atoms with E-state index in [1.165, 1.54) is 6.92 Å². The number of aromatic nitrogens is 2. The van der Waals surface area contributed by atoms with Crippen LogP contribution in [0, 0.1) is 5.92 Å². The Morgan fingerprint density at radius 2 is 2.26 bits per heavy atom. The fourth-order valence-electron chi connectivity index (χ4n) is 3.22. The normalized spacial score (nSPS) is 43.3. The van der Waals surface area contributed by atoms with Crippen LogP contribution < -0.4 is 11.2 Å². The Morgan fingerprint density at radius 3 is 2.87 bits per heavy atom. The number of nitrogens with zero attached hydrogens (tertiary/aromatic N) is 1. The predicted octanol–water partition coefficient (Wildman–Crippen LogP) is -0.644. The van der Waals surface area contributed by atoms with E-state index in [4.69, 9.17) is 9.26 Å². The number of hydrogen-bond donors (Lipinski definition) is 3. The molecule has 0 aromatic carbocycles. The van der Waals surface area contributed by atoms with Crippen molar-refractivity contribution >= 4 is 7.60 Å². The molecule has 23 heavy (non-hydrogen) atoms. The highest BCUT2D eigenvalue weighted by molar-refractivity contribution is 7.52. The molecule has 128 valence electrons. The lowest BCUT2D eigenvalue weighted by atomic mass is 9.80. The summed E-state index contributed by atoms with van der Waals surface area (Å²) >= 11 is 0. The molecule has 9 nitrogen and oxygen atoms in total. The number of alkyl halides is 1. The Morgan fingerprint density at radius 1 is 1.57 bits per heavy atom. The summed E-state index contributed by atoms with van der Waals surface area (Å²) in [6, 6.07) is 1.05. The van der Waals surface area contributed by atoms with Gasteiger partial charge in [0.1, 0.15) is 17.9 Å². The summed E-state index contributed by atoms with van der Waals surface area (Å²) in [5.41, 5.74) is -4.94. The van der Waals surface area contributed by atoms with Gasteiger partial charge >= 0.3 is 13.3 Å². The predicted molar refractivity (Wildman–Crippen MR) is 74.9 cm³/mol. The molecule has 1 unspecified atom stereocenters. The van der Waals surface area contributed by atoms with Crippen LogP contribution in [0.25, 0.3) is 0 Å². The maximum atomic E-state index is 13.6. The highest BCUT2D eigenvalue weighted by Crippen LogP contribution is 2.60. The minimum Gasteiger partial charge on any atom is -0.385 e. The van der Waals surface area contributed by atoms with Crippen molar-refractivity contribution in [1.82, 2.24) is 9.55 Å². The molecule has 3 heterocycles. The largest absolute Gasteiger partial charge is 0.385 e. The topological polar surface area (TPSA) is 131 Å². The Labute approximate surface area is 129 Å². The van der Waals surface area contributed by atoms with Crippen molar-refractivity contribution in [3.8, 4) is 0 Å². The summed E-state index contributed by atoms with van der Waals surface area (Å²) in [5, 5.41) is 10.8. The summed E-state index contributed by atoms with van der Waals surface area (Å²) in [4.78, 5) is 34.7. The van der Waals surface area contributed by atoms with E-state index >= 15 is 0 Å². The first-order valence-corrected chi connectivity index (χ1v) is 8.62. The van der Waals surface area contributed by atoms with Gasteiger partial charge < -0.3 is 19.3 Å². The first-order chi connectivity index (χ1) is 10.6. The van der Waals surface area contributed by atoms with Gasteiger partial charge in [-0.3, -0.25) is 18.9 Å². The number of hydrogen-bond acceptors (Lipinski definition) is 6. The third kappa shape index (κ3) is 2.50. The molecule has 1 aromatic heterocycles. The van der Waals surface area contributed by atoms with E-state index in [-0.39, 0.29) is 0 Å². The Hall–Kier alpha value is -1.32. The van der Waals surface area contributed by atoms with Gasteiger partial charge in [0.05, 0.1) is 12.8 Å². The minimum absolute atomic E-state index is 0.501. The zero-order valence-corrected chi connectivity index (χ0v) is 13.0. The van der Waals surface area contributed by atoms with Crippen LogP contribution >= 0.6 is 7.60 Å². The quantitative estimate of drug-likeness (QED) is 0.605. The zero-order valence-electron chi connectivity index (χ0n) is 12.1. The summed E-state index contributed by atoms with van der Waals surface area (Å²) in [5.74, 6) is -1.06. The maximum absolute atomic E-state index is 13.6. The molecule has 5 atom stereocenters. The maximum Gasteiger partial charge on any atom is 0.330 e. The van der Waals surface area contributed by atoms with Crippen LogP contribution in [0.4, 0.5) is 4.39 Å². The van der Waals surface area contributed by atoms with E-state index in [2.05, 4.69) is 0 Å². The lowest BCUT2D eigenvalue weighted by Gasteiger charge is -2.39. The fourth-order valence-corrected chi connectivity index (χ4v) is 4.91. The van der Waals surface area contributed by atoms with Gasteiger partial charge in [-0.2, -0.15) is 0 Å². The van der Waals surface area contributed by atoms with Crippen LogP contribution in [0.15, 0.2) is 21.9 Å². The second kappa shape index (κ2) is 5.09. The van der Waals surface area contributed by atoms with Gasteiger partial charge in [-0.15, -0.1) is 0 Å². The third-order valence-corrected chi connectivity index (χ3v) is 5.80. The van der Waals surface area contributed by atoms with Gasteiger partial charge in [-0.05, 0) is 6.92 Å². The van der Waals surface area contributed by atoms with Crippen molar-refractivity contribution in [3.63, 3.8) is 0 Å². The molecule has 3 N–H and O–H groups in total. The van der Waals surface area contributed by atoms with Crippen molar-refractivity contribution in [1.29, 1.82) is 0 Å². The van der Waals surface area contributed by atoms with Crippen LogP contribution in [-0.4, -0.2) is 50.2 Å². The van der Waals surface area contributed by atoms with E-state index in [0.29, 0.717) is 0 Å². The van der Waals surface area contributed by atoms with E-state index in [9.17, 15) is 28.5 Å². The van der Waals surface area contributed by atoms with Gasteiger partial charge in [0, 0.05) is 18.2 Å². The molecule has 0 bridgehead atoms. The Bertz CT molecular complexity index is 790. The standard InChI is InChI=1S/C12H16FN2O7P/c1-11(18)7-4-23(19,20)21-6-12(7,5-13)22-9(11)15-3-2-8(16)14-10(15)17/h2-3,7,9,18H,4-6H2,1H3,(H,19,20)(H,14,16,17)/t7-,9+,11+,12+/m0/s1. The zero-order chi connectivity index (χ0) is 17.0. The number of aliphatic hydroxyl groups is 1. The monoisotopic (exact) mass is 350 g/mol. The van der Waals surface area contributed by atoms with Crippen LogP contribution in [0.5, 0.6) is 0 Å². The molecule has 0 radical (unpaired) electrons. The smallest absolute Gasteiger partial charge is 0.330 e. The van der Waals surface area contributed by atoms with Crippen LogP contribution in [0.2, 0.25) is 0 Å². The number of halogens is 1. The average Bonchev–Trinajstić information content (AvgIpc) is 2.68. The Balaban J connectivity index is 2.09. The molecule has 1 aromatic rings. The molecular weight excluding hydrogens is 334 g/mol. The van der Waals surface area contributed by atoms with Crippen molar-refractivity contribution in [2.75, 3.05) is 19.4 Å². The van der Waals surface area contributed by atoms with Crippen molar-refractivity contribution in [3.05, 3.63) is 33.1 Å². The highest BCUT2D eigenvalue weighted by atomic mass is 31.2. The second-order valence-corrected chi connectivity index (χ2v) is 7.96. The molecule has 2 saturated heterocycles. The summed E-state index contributed by atoms with van der Waals surface area (Å²) in [6.45, 7) is -0.294. The van der Waals surface area contributed by atoms with E-state index in [1.54, 1.807) is 0 Å². The van der Waals surface area contributed by atoms with Gasteiger partial charge in [0.2, 0.25) is 0 Å². The van der Waals surface area contributed by atoms with Crippen LogP contribution in [0.1, 0.15) is 13.2 Å². The third-order valence-electron chi connectivity index (χ3n) is 4.44. The van der Waals surface area contributed by atoms with Crippen LogP contribution in [-0.2, 0) is 13.8 Å². The van der Waals surface area contributed by atoms with Crippen molar-refractivity contribution in [2.24, 2.45) is 5.92 Å². The van der Waals surface area contributed by atoms with Crippen molar-refractivity contribution < 1.29 is 28.2 Å². The lowest BCUT2D eigenvalue weighted by molar-refractivity contribution is -0.134. The van der Waals surface area contributed by atoms with Gasteiger partial charge in [0.25, 0.3) is 5.56 Å². The molecule has 0 amide bonds. The molecule has 2 aliphatic rings. The van der Waals surface area contributed by atoms with Crippen LogP contribution in [0.3, 0.4) is 0 Å². The number of nitrogens with one attached hydrogen (secondary N) is 1. The number of aromatic amines is 1. The molecule has 11 heteroatoms. The van der Waals surface area contributed by atoms with E-state index in [0.717, 1.165) is 16.8 Å². The molecule has 0 saturated carbocycles. The SMILES string of the molecule is C[C@@]1(O)[C@@H]2CP(=O)(O)OC[C@@]2(CF)O[C@H]1n1ccc(=O)[nH]c1=O. The highest BCUT2D eigenvalue weighted by Gasteiger charge is 2.66. The van der Waals surface area contributed by atoms with E-state index < -0.39 is 61.6 Å². The van der Waals surface area contributed by atoms with E-state index in [1.807, 2.05) is 4.98 Å². The van der Waals surface area contributed by atoms with Gasteiger partial charge in [0.15, 0.2) is 6.23 Å². The molecule has 3 rings (SSSR count). The number of ether oxygens (including phenoxy) is 1. The first-order valence-electron chi connectivity index (χ1n) is 6.85. The minimum atomic E-state index is -3.98. The molecule has 0 aliphatic carbocycles. The number of fused-ring (bicyclic) bond motifs is 1. The average molecular weight is 350 g/mol. The van der Waals surface area contributed by atoms with Crippen molar-refractivity contribution in [2.45, 2.75) is 24.4 Å². The summed E-state index contributed by atoms with van der Waals surface area (Å²) in [6.07, 6.45) is -0.726. The molecular formula is C12H16FN2O7P. The lowest BCUT2D eigenvalue weighted by Crippen LogP contribution is -2.52. The number of H-pyrrole nitrogens is 1. The summed E-state index contributed by atoms with van der Waals surface area (Å²) in [7, 11) is -3.98. The second-order valence-electron chi connectivity index (χ2n) is 6.06. The van der Waals surface area contributed by atoms with Gasteiger partial charge in [-0.25, -0.2) is 9.18 Å². The molecule has 0 spiro atoms.